The average molecular weight is 324 g/mol. The van der Waals surface area contributed by atoms with Crippen LogP contribution in [-0.4, -0.2) is 51.8 Å². The Balaban J connectivity index is 2.07. The number of anilines is 1. The first kappa shape index (κ1) is 16.4. The van der Waals surface area contributed by atoms with Gasteiger partial charge in [0.2, 0.25) is 0 Å². The lowest BCUT2D eigenvalue weighted by atomic mass is 10.2. The summed E-state index contributed by atoms with van der Waals surface area (Å²) in [5, 5.41) is 9.11. The monoisotopic (exact) mass is 324 g/mol. The van der Waals surface area contributed by atoms with Gasteiger partial charge in [-0.3, -0.25) is 0 Å². The van der Waals surface area contributed by atoms with Crippen LogP contribution in [0.4, 0.5) is 5.82 Å². The second-order valence-electron chi connectivity index (χ2n) is 6.38. The van der Waals surface area contributed by atoms with Gasteiger partial charge in [-0.25, -0.2) is 14.6 Å². The van der Waals surface area contributed by atoms with E-state index < -0.39 is 0 Å². The van der Waals surface area contributed by atoms with Crippen molar-refractivity contribution in [3.8, 4) is 5.69 Å². The summed E-state index contributed by atoms with van der Waals surface area (Å²) in [6.45, 7) is 7.76. The molecule has 0 bridgehead atoms. The molecule has 0 unspecified atom stereocenters. The molecule has 2 aromatic heterocycles. The standard InChI is InChI=1S/C18H24N6/c1-12-6-8-15(9-7-12)24-18-16(13(2)22-24)17(20-14(3)21-18)19-10-11-23(4)5/h6-9H,10-11H2,1-5H3,(H,19,20,21). The Morgan fingerprint density at radius 2 is 1.75 bits per heavy atom. The molecule has 1 aromatic carbocycles. The lowest BCUT2D eigenvalue weighted by Crippen LogP contribution is -2.21. The molecule has 0 aliphatic carbocycles. The molecule has 3 aromatic rings. The van der Waals surface area contributed by atoms with Gasteiger partial charge in [0, 0.05) is 13.1 Å². The smallest absolute Gasteiger partial charge is 0.168 e. The van der Waals surface area contributed by atoms with E-state index in [0.29, 0.717) is 0 Å². The largest absolute Gasteiger partial charge is 0.368 e. The van der Waals surface area contributed by atoms with E-state index in [0.717, 1.165) is 47.1 Å². The van der Waals surface area contributed by atoms with Crippen molar-refractivity contribution in [2.24, 2.45) is 0 Å². The molecule has 6 nitrogen and oxygen atoms in total. The zero-order valence-corrected chi connectivity index (χ0v) is 15.0. The van der Waals surface area contributed by atoms with Gasteiger partial charge < -0.3 is 10.2 Å². The van der Waals surface area contributed by atoms with E-state index in [4.69, 9.17) is 5.10 Å². The fourth-order valence-electron chi connectivity index (χ4n) is 2.68. The third kappa shape index (κ3) is 3.23. The van der Waals surface area contributed by atoms with Crippen molar-refractivity contribution < 1.29 is 0 Å². The van der Waals surface area contributed by atoms with E-state index >= 15 is 0 Å². The first-order chi connectivity index (χ1) is 11.5. The molecule has 0 aliphatic rings. The van der Waals surface area contributed by atoms with Crippen LogP contribution in [0.2, 0.25) is 0 Å². The fourth-order valence-corrected chi connectivity index (χ4v) is 2.68. The molecular formula is C18H24N6. The molecule has 0 spiro atoms. The zero-order chi connectivity index (χ0) is 17.3. The second kappa shape index (κ2) is 6.57. The van der Waals surface area contributed by atoms with Crippen LogP contribution in [0, 0.1) is 20.8 Å². The van der Waals surface area contributed by atoms with Crippen molar-refractivity contribution in [3.05, 3.63) is 41.3 Å². The highest BCUT2D eigenvalue weighted by atomic mass is 15.3. The lowest BCUT2D eigenvalue weighted by molar-refractivity contribution is 0.425. The number of rotatable bonds is 5. The van der Waals surface area contributed by atoms with Gasteiger partial charge >= 0.3 is 0 Å². The molecule has 24 heavy (non-hydrogen) atoms. The van der Waals surface area contributed by atoms with Crippen molar-refractivity contribution >= 4 is 16.9 Å². The summed E-state index contributed by atoms with van der Waals surface area (Å²) in [6, 6.07) is 8.31. The van der Waals surface area contributed by atoms with Crippen LogP contribution >= 0.6 is 0 Å². The molecule has 0 aliphatic heterocycles. The van der Waals surface area contributed by atoms with E-state index in [1.54, 1.807) is 0 Å². The molecule has 6 heteroatoms. The minimum atomic E-state index is 0.739. The van der Waals surface area contributed by atoms with Crippen molar-refractivity contribution in [2.75, 3.05) is 32.5 Å². The molecule has 0 saturated carbocycles. The Kier molecular flexibility index (Phi) is 4.49. The predicted molar refractivity (Wildman–Crippen MR) is 97.9 cm³/mol. The molecule has 2 heterocycles. The van der Waals surface area contributed by atoms with E-state index in [1.165, 1.54) is 5.56 Å². The van der Waals surface area contributed by atoms with Crippen molar-refractivity contribution in [3.63, 3.8) is 0 Å². The van der Waals surface area contributed by atoms with Crippen LogP contribution in [0.3, 0.4) is 0 Å². The van der Waals surface area contributed by atoms with Crippen LogP contribution in [-0.2, 0) is 0 Å². The van der Waals surface area contributed by atoms with Gasteiger partial charge in [-0.15, -0.1) is 0 Å². The number of likely N-dealkylation sites (N-methyl/N-ethyl adjacent to an activating group) is 1. The van der Waals surface area contributed by atoms with Gasteiger partial charge in [-0.05, 0) is 47.0 Å². The summed E-state index contributed by atoms with van der Waals surface area (Å²) >= 11 is 0. The number of aryl methyl sites for hydroxylation is 3. The third-order valence-electron chi connectivity index (χ3n) is 3.94. The van der Waals surface area contributed by atoms with Gasteiger partial charge in [0.1, 0.15) is 11.6 Å². The Morgan fingerprint density at radius 1 is 1.04 bits per heavy atom. The van der Waals surface area contributed by atoms with Crippen molar-refractivity contribution in [1.82, 2.24) is 24.6 Å². The number of nitrogens with zero attached hydrogens (tertiary/aromatic N) is 5. The summed E-state index contributed by atoms with van der Waals surface area (Å²) in [6.07, 6.45) is 0. The quantitative estimate of drug-likeness (QED) is 0.782. The molecule has 1 N–H and O–H groups in total. The number of benzene rings is 1. The highest BCUT2D eigenvalue weighted by Gasteiger charge is 2.16. The minimum Gasteiger partial charge on any atom is -0.368 e. The Hall–Kier alpha value is -2.47. The Morgan fingerprint density at radius 3 is 2.42 bits per heavy atom. The normalized spacial score (nSPS) is 11.4. The summed E-state index contributed by atoms with van der Waals surface area (Å²) < 4.78 is 1.90. The van der Waals surface area contributed by atoms with Crippen LogP contribution < -0.4 is 5.32 Å². The molecule has 0 fully saturated rings. The minimum absolute atomic E-state index is 0.739. The Bertz CT molecular complexity index is 848. The van der Waals surface area contributed by atoms with Crippen molar-refractivity contribution in [1.29, 1.82) is 0 Å². The maximum absolute atomic E-state index is 4.70. The van der Waals surface area contributed by atoms with Gasteiger partial charge in [-0.1, -0.05) is 17.7 Å². The number of hydrogen-bond acceptors (Lipinski definition) is 5. The van der Waals surface area contributed by atoms with Crippen LogP contribution in [0.15, 0.2) is 24.3 Å². The first-order valence-corrected chi connectivity index (χ1v) is 8.15. The van der Waals surface area contributed by atoms with Crippen LogP contribution in [0.25, 0.3) is 16.7 Å². The second-order valence-corrected chi connectivity index (χ2v) is 6.38. The molecule has 3 rings (SSSR count). The van der Waals surface area contributed by atoms with Gasteiger partial charge in [-0.2, -0.15) is 5.10 Å². The van der Waals surface area contributed by atoms with E-state index in [2.05, 4.69) is 65.5 Å². The van der Waals surface area contributed by atoms with E-state index in [9.17, 15) is 0 Å². The lowest BCUT2D eigenvalue weighted by Gasteiger charge is -2.12. The molecule has 0 radical (unpaired) electrons. The topological polar surface area (TPSA) is 58.9 Å². The summed E-state index contributed by atoms with van der Waals surface area (Å²) in [4.78, 5) is 11.4. The summed E-state index contributed by atoms with van der Waals surface area (Å²) in [5.41, 5.74) is 4.01. The molecule has 0 atom stereocenters. The average Bonchev–Trinajstić information content (AvgIpc) is 2.84. The maximum atomic E-state index is 4.70. The fraction of sp³-hybridized carbons (Fsp3) is 0.389. The maximum Gasteiger partial charge on any atom is 0.168 e. The number of nitrogens with one attached hydrogen (secondary N) is 1. The number of aromatic nitrogens is 4. The van der Waals surface area contributed by atoms with Gasteiger partial charge in [0.05, 0.1) is 16.8 Å². The number of fused-ring (bicyclic) bond motifs is 1. The molecule has 126 valence electrons. The summed E-state index contributed by atoms with van der Waals surface area (Å²) in [5.74, 6) is 1.60. The van der Waals surface area contributed by atoms with Crippen LogP contribution in [0.1, 0.15) is 17.1 Å². The Labute approximate surface area is 142 Å². The van der Waals surface area contributed by atoms with E-state index in [1.807, 2.05) is 18.5 Å². The van der Waals surface area contributed by atoms with E-state index in [-0.39, 0.29) is 0 Å². The first-order valence-electron chi connectivity index (χ1n) is 8.15. The molecular weight excluding hydrogens is 300 g/mol. The van der Waals surface area contributed by atoms with Gasteiger partial charge in [0.25, 0.3) is 0 Å². The molecule has 0 amide bonds. The third-order valence-corrected chi connectivity index (χ3v) is 3.94. The van der Waals surface area contributed by atoms with Crippen molar-refractivity contribution in [2.45, 2.75) is 20.8 Å². The zero-order valence-electron chi connectivity index (χ0n) is 15.0. The predicted octanol–water partition coefficient (Wildman–Crippen LogP) is 2.71. The van der Waals surface area contributed by atoms with Gasteiger partial charge in [0.15, 0.2) is 5.65 Å². The van der Waals surface area contributed by atoms with Crippen LogP contribution in [0.5, 0.6) is 0 Å². The summed E-state index contributed by atoms with van der Waals surface area (Å²) in [7, 11) is 4.12. The SMILES string of the molecule is Cc1ccc(-n2nc(C)c3c(NCCN(C)C)nc(C)nc32)cc1. The number of hydrogen-bond donors (Lipinski definition) is 1. The highest BCUT2D eigenvalue weighted by molar-refractivity contribution is 5.90. The molecule has 0 saturated heterocycles. The highest BCUT2D eigenvalue weighted by Crippen LogP contribution is 2.26.